The van der Waals surface area contributed by atoms with E-state index in [9.17, 15) is 4.79 Å². The van der Waals surface area contributed by atoms with Crippen LogP contribution < -0.4 is 15.4 Å². The highest BCUT2D eigenvalue weighted by atomic mass is 16.5. The number of likely N-dealkylation sites (N-methyl/N-ethyl adjacent to an activating group) is 1. The number of hydrogen-bond acceptors (Lipinski definition) is 7. The Bertz CT molecular complexity index is 507. The maximum absolute atomic E-state index is 11.9. The van der Waals surface area contributed by atoms with E-state index in [1.807, 2.05) is 20.8 Å². The van der Waals surface area contributed by atoms with Crippen LogP contribution in [-0.2, 0) is 4.79 Å². The Morgan fingerprint density at radius 1 is 1.33 bits per heavy atom. The normalized spacial score (nSPS) is 18.2. The largest absolute Gasteiger partial charge is 0.461 e. The molecule has 116 valence electrons. The molecule has 1 unspecified atom stereocenters. The molecule has 21 heavy (non-hydrogen) atoms. The first-order valence-electron chi connectivity index (χ1n) is 7.17. The first-order valence-corrected chi connectivity index (χ1v) is 7.17. The summed E-state index contributed by atoms with van der Waals surface area (Å²) in [4.78, 5) is 26.3. The van der Waals surface area contributed by atoms with Crippen molar-refractivity contribution in [3.05, 3.63) is 0 Å². The van der Waals surface area contributed by atoms with Crippen molar-refractivity contribution in [1.82, 2.24) is 19.9 Å². The molecule has 0 saturated carbocycles. The summed E-state index contributed by atoms with van der Waals surface area (Å²) in [5, 5.41) is 6.09. The number of anilines is 2. The topological polar surface area (TPSA) is 92.3 Å². The number of likely N-dealkylation sites (tertiary alicyclic amines) is 1. The van der Waals surface area contributed by atoms with Crippen molar-refractivity contribution in [3.8, 4) is 6.01 Å². The van der Waals surface area contributed by atoms with Gasteiger partial charge in [-0.1, -0.05) is 0 Å². The van der Waals surface area contributed by atoms with Gasteiger partial charge in [0.1, 0.15) is 6.04 Å². The molecular formula is C13H22N6O2. The fraction of sp³-hybridized carbons (Fsp3) is 0.692. The standard InChI is InChI=1S/C13H22N6O2/c1-5-14-11-16-12(18-13(17-11)21-8(2)3)15-9-6-7-19(4)10(9)20/h8-9H,5-7H2,1-4H3,(H2,14,15,16,17,18). The van der Waals surface area contributed by atoms with Gasteiger partial charge in [-0.2, -0.15) is 15.0 Å². The third-order valence-corrected chi connectivity index (χ3v) is 3.02. The lowest BCUT2D eigenvalue weighted by Gasteiger charge is -2.14. The van der Waals surface area contributed by atoms with E-state index in [1.54, 1.807) is 11.9 Å². The van der Waals surface area contributed by atoms with Crippen LogP contribution in [0.4, 0.5) is 11.9 Å². The van der Waals surface area contributed by atoms with Gasteiger partial charge in [0.15, 0.2) is 0 Å². The maximum Gasteiger partial charge on any atom is 0.323 e. The van der Waals surface area contributed by atoms with Gasteiger partial charge in [-0.15, -0.1) is 0 Å². The zero-order chi connectivity index (χ0) is 15.4. The van der Waals surface area contributed by atoms with Gasteiger partial charge in [0, 0.05) is 20.1 Å². The molecule has 0 radical (unpaired) electrons. The molecule has 8 heteroatoms. The number of nitrogens with zero attached hydrogens (tertiary/aromatic N) is 4. The molecule has 8 nitrogen and oxygen atoms in total. The second-order valence-corrected chi connectivity index (χ2v) is 5.21. The number of carbonyl (C=O) groups is 1. The van der Waals surface area contributed by atoms with Crippen molar-refractivity contribution in [3.63, 3.8) is 0 Å². The number of rotatable bonds is 6. The average Bonchev–Trinajstić information content (AvgIpc) is 2.70. The molecule has 2 heterocycles. The summed E-state index contributed by atoms with van der Waals surface area (Å²) in [7, 11) is 1.79. The predicted octanol–water partition coefficient (Wildman–Crippen LogP) is 0.733. The molecule has 0 bridgehead atoms. The second kappa shape index (κ2) is 6.55. The van der Waals surface area contributed by atoms with Crippen molar-refractivity contribution in [2.75, 3.05) is 30.8 Å². The van der Waals surface area contributed by atoms with Crippen LogP contribution in [0.3, 0.4) is 0 Å². The Labute approximate surface area is 124 Å². The number of ether oxygens (including phenoxy) is 1. The SMILES string of the molecule is CCNc1nc(NC2CCN(C)C2=O)nc(OC(C)C)n1. The lowest BCUT2D eigenvalue weighted by molar-refractivity contribution is -0.127. The fourth-order valence-corrected chi connectivity index (χ4v) is 2.03. The first-order chi connectivity index (χ1) is 9.99. The van der Waals surface area contributed by atoms with Gasteiger partial charge in [-0.05, 0) is 27.2 Å². The van der Waals surface area contributed by atoms with Crippen LogP contribution in [-0.4, -0.2) is 58.0 Å². The van der Waals surface area contributed by atoms with E-state index in [4.69, 9.17) is 4.74 Å². The van der Waals surface area contributed by atoms with Crippen LogP contribution >= 0.6 is 0 Å². The molecule has 0 aliphatic carbocycles. The van der Waals surface area contributed by atoms with Gasteiger partial charge in [0.2, 0.25) is 17.8 Å². The molecule has 1 aromatic rings. The Morgan fingerprint density at radius 3 is 2.62 bits per heavy atom. The summed E-state index contributed by atoms with van der Waals surface area (Å²) in [6, 6.07) is -0.0453. The summed E-state index contributed by atoms with van der Waals surface area (Å²) in [5.74, 6) is 0.835. The van der Waals surface area contributed by atoms with Crippen LogP contribution in [0.2, 0.25) is 0 Å². The molecular weight excluding hydrogens is 272 g/mol. The summed E-state index contributed by atoms with van der Waals surface area (Å²) in [5.41, 5.74) is 0. The second-order valence-electron chi connectivity index (χ2n) is 5.21. The van der Waals surface area contributed by atoms with E-state index in [-0.39, 0.29) is 24.1 Å². The third-order valence-electron chi connectivity index (χ3n) is 3.02. The maximum atomic E-state index is 11.9. The average molecular weight is 294 g/mol. The molecule has 1 aliphatic rings. The Hall–Kier alpha value is -2.12. The first kappa shape index (κ1) is 15.3. The Morgan fingerprint density at radius 2 is 2.05 bits per heavy atom. The Kier molecular flexibility index (Phi) is 4.77. The van der Waals surface area contributed by atoms with Crippen molar-refractivity contribution >= 4 is 17.8 Å². The summed E-state index contributed by atoms with van der Waals surface area (Å²) in [6.45, 7) is 7.18. The number of aromatic nitrogens is 3. The molecule has 1 saturated heterocycles. The molecule has 2 N–H and O–H groups in total. The lowest BCUT2D eigenvalue weighted by Crippen LogP contribution is -2.31. The number of nitrogens with one attached hydrogen (secondary N) is 2. The Balaban J connectivity index is 2.17. The molecule has 1 amide bonds. The van der Waals surface area contributed by atoms with E-state index in [0.717, 1.165) is 13.0 Å². The van der Waals surface area contributed by atoms with E-state index in [1.165, 1.54) is 0 Å². The summed E-state index contributed by atoms with van der Waals surface area (Å²) < 4.78 is 5.52. The van der Waals surface area contributed by atoms with Gasteiger partial charge in [0.05, 0.1) is 6.10 Å². The van der Waals surface area contributed by atoms with E-state index in [2.05, 4.69) is 25.6 Å². The monoisotopic (exact) mass is 294 g/mol. The molecule has 1 aromatic heterocycles. The molecule has 2 rings (SSSR count). The highest BCUT2D eigenvalue weighted by molar-refractivity contribution is 5.86. The molecule has 0 spiro atoms. The van der Waals surface area contributed by atoms with Crippen molar-refractivity contribution < 1.29 is 9.53 Å². The van der Waals surface area contributed by atoms with Crippen LogP contribution in [0.25, 0.3) is 0 Å². The van der Waals surface area contributed by atoms with Gasteiger partial charge in [-0.25, -0.2) is 0 Å². The van der Waals surface area contributed by atoms with Crippen LogP contribution in [0.5, 0.6) is 6.01 Å². The number of amides is 1. The smallest absolute Gasteiger partial charge is 0.323 e. The van der Waals surface area contributed by atoms with Crippen LogP contribution in [0.1, 0.15) is 27.2 Å². The fourth-order valence-electron chi connectivity index (χ4n) is 2.03. The van der Waals surface area contributed by atoms with Gasteiger partial charge < -0.3 is 20.3 Å². The zero-order valence-corrected chi connectivity index (χ0v) is 12.9. The van der Waals surface area contributed by atoms with Crippen molar-refractivity contribution in [2.45, 2.75) is 39.3 Å². The minimum atomic E-state index is -0.293. The highest BCUT2D eigenvalue weighted by Crippen LogP contribution is 2.17. The molecule has 1 aliphatic heterocycles. The van der Waals surface area contributed by atoms with Crippen molar-refractivity contribution in [2.24, 2.45) is 0 Å². The number of carbonyl (C=O) groups excluding carboxylic acids is 1. The minimum Gasteiger partial charge on any atom is -0.461 e. The van der Waals surface area contributed by atoms with Gasteiger partial charge in [0.25, 0.3) is 0 Å². The third kappa shape index (κ3) is 3.93. The number of hydrogen-bond donors (Lipinski definition) is 2. The molecule has 1 atom stereocenters. The minimum absolute atomic E-state index is 0.0334. The summed E-state index contributed by atoms with van der Waals surface area (Å²) in [6.07, 6.45) is 0.701. The quantitative estimate of drug-likeness (QED) is 0.799. The van der Waals surface area contributed by atoms with Crippen LogP contribution in [0, 0.1) is 0 Å². The van der Waals surface area contributed by atoms with E-state index >= 15 is 0 Å². The zero-order valence-electron chi connectivity index (χ0n) is 12.9. The molecule has 0 aromatic carbocycles. The van der Waals surface area contributed by atoms with E-state index < -0.39 is 0 Å². The highest BCUT2D eigenvalue weighted by Gasteiger charge is 2.29. The lowest BCUT2D eigenvalue weighted by atomic mass is 10.2. The van der Waals surface area contributed by atoms with Crippen LogP contribution in [0.15, 0.2) is 0 Å². The predicted molar refractivity (Wildman–Crippen MR) is 79.4 cm³/mol. The van der Waals surface area contributed by atoms with Crippen molar-refractivity contribution in [1.29, 1.82) is 0 Å². The van der Waals surface area contributed by atoms with Gasteiger partial charge >= 0.3 is 6.01 Å². The van der Waals surface area contributed by atoms with Gasteiger partial charge in [-0.3, -0.25) is 4.79 Å². The van der Waals surface area contributed by atoms with E-state index in [0.29, 0.717) is 18.4 Å². The summed E-state index contributed by atoms with van der Waals surface area (Å²) >= 11 is 0. The molecule has 1 fully saturated rings.